The van der Waals surface area contributed by atoms with E-state index in [4.69, 9.17) is 9.26 Å². The highest BCUT2D eigenvalue weighted by Gasteiger charge is 2.45. The zero-order valence-corrected chi connectivity index (χ0v) is 10.5. The van der Waals surface area contributed by atoms with Gasteiger partial charge in [0, 0.05) is 19.8 Å². The normalized spacial score (nSPS) is 38.8. The van der Waals surface area contributed by atoms with Crippen molar-refractivity contribution in [1.29, 1.82) is 0 Å². The molecule has 0 aromatic heterocycles. The molecule has 0 spiro atoms. The number of rotatable bonds is 4. The van der Waals surface area contributed by atoms with Crippen molar-refractivity contribution in [2.45, 2.75) is 19.0 Å². The Morgan fingerprint density at radius 2 is 2.38 bits per heavy atom. The average Bonchev–Trinajstić information content (AvgIpc) is 2.88. The second-order valence-corrected chi connectivity index (χ2v) is 6.54. The summed E-state index contributed by atoms with van der Waals surface area (Å²) in [5, 5.41) is 3.20. The van der Waals surface area contributed by atoms with E-state index in [2.05, 4.69) is 5.32 Å². The van der Waals surface area contributed by atoms with Gasteiger partial charge in [0.2, 0.25) is 0 Å². The molecule has 16 heavy (non-hydrogen) atoms. The van der Waals surface area contributed by atoms with Gasteiger partial charge in [0.1, 0.15) is 0 Å². The van der Waals surface area contributed by atoms with Crippen LogP contribution in [0.5, 0.6) is 0 Å². The smallest absolute Gasteiger partial charge is 0.332 e. The minimum Gasteiger partial charge on any atom is -0.381 e. The Balaban J connectivity index is 2.04. The molecule has 4 atom stereocenters. The maximum absolute atomic E-state index is 12.0. The van der Waals surface area contributed by atoms with Gasteiger partial charge in [-0.15, -0.1) is 0 Å². The molecule has 0 radical (unpaired) electrons. The van der Waals surface area contributed by atoms with Crippen molar-refractivity contribution in [3.05, 3.63) is 0 Å². The molecule has 0 aliphatic carbocycles. The summed E-state index contributed by atoms with van der Waals surface area (Å²) in [5.41, 5.74) is -0.265. The van der Waals surface area contributed by atoms with Crippen LogP contribution in [0.25, 0.3) is 0 Å². The van der Waals surface area contributed by atoms with E-state index in [1.165, 1.54) is 0 Å². The third-order valence-corrected chi connectivity index (χ3v) is 5.56. The summed E-state index contributed by atoms with van der Waals surface area (Å²) in [4.78, 5) is 9.90. The second kappa shape index (κ2) is 5.15. The molecule has 0 aromatic carbocycles. The molecule has 2 heterocycles. The van der Waals surface area contributed by atoms with Crippen molar-refractivity contribution >= 4 is 7.60 Å². The van der Waals surface area contributed by atoms with E-state index >= 15 is 0 Å². The molecular weight excluding hydrogens is 229 g/mol. The Morgan fingerprint density at radius 1 is 1.56 bits per heavy atom. The van der Waals surface area contributed by atoms with Crippen LogP contribution in [0.2, 0.25) is 0 Å². The van der Waals surface area contributed by atoms with Gasteiger partial charge in [0.25, 0.3) is 0 Å². The minimum absolute atomic E-state index is 0.213. The van der Waals surface area contributed by atoms with Gasteiger partial charge in [-0.25, -0.2) is 0 Å². The molecule has 2 aliphatic rings. The third-order valence-electron chi connectivity index (χ3n) is 3.53. The van der Waals surface area contributed by atoms with Crippen molar-refractivity contribution in [2.75, 3.05) is 32.9 Å². The van der Waals surface area contributed by atoms with E-state index in [0.29, 0.717) is 12.5 Å². The second-order valence-electron chi connectivity index (χ2n) is 4.50. The number of ether oxygens (including phenoxy) is 1. The van der Waals surface area contributed by atoms with Crippen molar-refractivity contribution in [3.8, 4) is 0 Å². The van der Waals surface area contributed by atoms with Crippen LogP contribution < -0.4 is 5.32 Å². The lowest BCUT2D eigenvalue weighted by molar-refractivity contribution is 0.172. The first kappa shape index (κ1) is 12.5. The summed E-state index contributed by atoms with van der Waals surface area (Å²) in [6.45, 7) is 4.91. The quantitative estimate of drug-likeness (QED) is 0.722. The first-order valence-electron chi connectivity index (χ1n) is 5.90. The van der Waals surface area contributed by atoms with Crippen LogP contribution in [-0.2, 0) is 13.8 Å². The number of hydrogen-bond acceptors (Lipinski definition) is 4. The Labute approximate surface area is 96.0 Å². The fourth-order valence-corrected chi connectivity index (χ4v) is 4.45. The lowest BCUT2D eigenvalue weighted by atomic mass is 9.91. The Bertz CT molecular complexity index is 280. The zero-order chi connectivity index (χ0) is 11.6. The maximum atomic E-state index is 12.0. The van der Waals surface area contributed by atoms with Crippen molar-refractivity contribution in [2.24, 2.45) is 11.8 Å². The summed E-state index contributed by atoms with van der Waals surface area (Å²) in [7, 11) is -3.47. The maximum Gasteiger partial charge on any atom is 0.332 e. The van der Waals surface area contributed by atoms with E-state index in [1.807, 2.05) is 0 Å². The van der Waals surface area contributed by atoms with Gasteiger partial charge >= 0.3 is 7.60 Å². The molecule has 2 saturated heterocycles. The van der Waals surface area contributed by atoms with E-state index in [0.717, 1.165) is 26.2 Å². The van der Waals surface area contributed by atoms with Crippen molar-refractivity contribution in [1.82, 2.24) is 5.32 Å². The fourth-order valence-electron chi connectivity index (χ4n) is 2.69. The highest BCUT2D eigenvalue weighted by atomic mass is 31.2. The molecule has 2 rings (SSSR count). The Hall–Kier alpha value is 0.0700. The predicted molar refractivity (Wildman–Crippen MR) is 60.5 cm³/mol. The molecule has 2 N–H and O–H groups in total. The monoisotopic (exact) mass is 249 g/mol. The summed E-state index contributed by atoms with van der Waals surface area (Å²) in [6, 6.07) is 0. The molecule has 6 heteroatoms. The number of hydrogen-bond donors (Lipinski definition) is 2. The van der Waals surface area contributed by atoms with Crippen LogP contribution in [0.4, 0.5) is 0 Å². The fraction of sp³-hybridized carbons (Fsp3) is 1.00. The van der Waals surface area contributed by atoms with Gasteiger partial charge < -0.3 is 19.5 Å². The molecule has 2 fully saturated rings. The summed E-state index contributed by atoms with van der Waals surface area (Å²) in [6.07, 6.45) is 0.995. The molecule has 2 aliphatic heterocycles. The highest BCUT2D eigenvalue weighted by molar-refractivity contribution is 7.53. The van der Waals surface area contributed by atoms with Gasteiger partial charge in [-0.2, -0.15) is 0 Å². The molecule has 5 nitrogen and oxygen atoms in total. The predicted octanol–water partition coefficient (Wildman–Crippen LogP) is 0.833. The van der Waals surface area contributed by atoms with Gasteiger partial charge in [0.05, 0.1) is 12.3 Å². The largest absolute Gasteiger partial charge is 0.381 e. The summed E-state index contributed by atoms with van der Waals surface area (Å²) >= 11 is 0. The third kappa shape index (κ3) is 2.49. The molecule has 0 aromatic rings. The first-order chi connectivity index (χ1) is 7.65. The Kier molecular flexibility index (Phi) is 4.03. The van der Waals surface area contributed by atoms with Crippen LogP contribution in [0.1, 0.15) is 13.3 Å². The van der Waals surface area contributed by atoms with E-state index < -0.39 is 7.60 Å². The molecule has 4 unspecified atom stereocenters. The van der Waals surface area contributed by atoms with E-state index in [-0.39, 0.29) is 18.2 Å². The van der Waals surface area contributed by atoms with Crippen LogP contribution in [0, 0.1) is 11.8 Å². The first-order valence-corrected chi connectivity index (χ1v) is 7.55. The lowest BCUT2D eigenvalue weighted by Gasteiger charge is -2.26. The average molecular weight is 249 g/mol. The van der Waals surface area contributed by atoms with Gasteiger partial charge in [-0.05, 0) is 31.7 Å². The minimum atomic E-state index is -3.47. The van der Waals surface area contributed by atoms with Crippen LogP contribution in [-0.4, -0.2) is 43.5 Å². The molecular formula is C10H20NO4P. The molecule has 0 saturated carbocycles. The van der Waals surface area contributed by atoms with Gasteiger partial charge in [0.15, 0.2) is 0 Å². The molecule has 94 valence electrons. The SMILES string of the molecule is CCOP(=O)(O)C1CNCC1C1CCOC1. The summed E-state index contributed by atoms with van der Waals surface area (Å²) in [5.74, 6) is 0.616. The van der Waals surface area contributed by atoms with E-state index in [1.54, 1.807) is 6.92 Å². The molecule has 0 amide bonds. The van der Waals surface area contributed by atoms with Gasteiger partial charge in [-0.3, -0.25) is 4.57 Å². The van der Waals surface area contributed by atoms with Gasteiger partial charge in [-0.1, -0.05) is 0 Å². The van der Waals surface area contributed by atoms with Crippen LogP contribution >= 0.6 is 7.60 Å². The van der Waals surface area contributed by atoms with Crippen molar-refractivity contribution in [3.63, 3.8) is 0 Å². The van der Waals surface area contributed by atoms with E-state index in [9.17, 15) is 9.46 Å². The lowest BCUT2D eigenvalue weighted by Crippen LogP contribution is -2.27. The Morgan fingerprint density at radius 3 is 3.00 bits per heavy atom. The highest BCUT2D eigenvalue weighted by Crippen LogP contribution is 2.53. The molecule has 0 bridgehead atoms. The van der Waals surface area contributed by atoms with Crippen LogP contribution in [0.15, 0.2) is 0 Å². The topological polar surface area (TPSA) is 67.8 Å². The number of nitrogens with one attached hydrogen (secondary N) is 1. The van der Waals surface area contributed by atoms with Crippen LogP contribution in [0.3, 0.4) is 0 Å². The standard InChI is InChI=1S/C10H20NO4P/c1-2-15-16(12,13)10-6-11-5-9(10)8-3-4-14-7-8/h8-11H,2-7H2,1H3,(H,12,13). The summed E-state index contributed by atoms with van der Waals surface area (Å²) < 4.78 is 22.4. The van der Waals surface area contributed by atoms with Crippen molar-refractivity contribution < 1.29 is 18.7 Å². The zero-order valence-electron chi connectivity index (χ0n) is 9.59.